The molecule has 2 aromatic carbocycles. The number of nitrogens with one attached hydrogen (secondary N) is 4. The number of aliphatic hydroxyl groups is 1. The molecule has 5 unspecified atom stereocenters. The third-order valence-electron chi connectivity index (χ3n) is 8.05. The largest absolute Gasteiger partial charge is 0.387 e. The first-order valence-corrected chi connectivity index (χ1v) is 16.4. The number of benzene rings is 2. The zero-order valence-electron chi connectivity index (χ0n) is 28.1. The van der Waals surface area contributed by atoms with Gasteiger partial charge in [0.1, 0.15) is 30.3 Å². The van der Waals surface area contributed by atoms with Crippen LogP contribution in [0.4, 0.5) is 0 Å². The van der Waals surface area contributed by atoms with Gasteiger partial charge in [0.05, 0.1) is 12.6 Å². The van der Waals surface area contributed by atoms with Crippen molar-refractivity contribution in [2.75, 3.05) is 13.2 Å². The van der Waals surface area contributed by atoms with Crippen LogP contribution in [0, 0.1) is 11.8 Å². The average Bonchev–Trinajstić information content (AvgIpc) is 3.80. The molecule has 5 N–H and O–H groups in total. The molecule has 0 radical (unpaired) electrons. The van der Waals surface area contributed by atoms with Crippen LogP contribution in [0.1, 0.15) is 65.0 Å². The summed E-state index contributed by atoms with van der Waals surface area (Å²) in [5, 5.41) is 20.4. The molecule has 256 valence electrons. The lowest BCUT2D eigenvalue weighted by molar-refractivity contribution is -0.135. The number of carbonyl (C=O) groups is 5. The zero-order valence-corrected chi connectivity index (χ0v) is 28.1. The smallest absolute Gasteiger partial charge is 0.246 e. The first kappa shape index (κ1) is 37.4. The highest BCUT2D eigenvalue weighted by Crippen LogP contribution is 2.29. The number of ether oxygens (including phenoxy) is 1. The van der Waals surface area contributed by atoms with Gasteiger partial charge in [-0.05, 0) is 55.6 Å². The second-order valence-electron chi connectivity index (χ2n) is 13.3. The highest BCUT2D eigenvalue weighted by molar-refractivity contribution is 5.98. The molecule has 4 amide bonds. The summed E-state index contributed by atoms with van der Waals surface area (Å²) in [6, 6.07) is 14.8. The van der Waals surface area contributed by atoms with Crippen molar-refractivity contribution in [1.82, 2.24) is 21.3 Å². The van der Waals surface area contributed by atoms with Crippen molar-refractivity contribution in [1.29, 1.82) is 0 Å². The summed E-state index contributed by atoms with van der Waals surface area (Å²) in [6.07, 6.45) is 1.55. The summed E-state index contributed by atoms with van der Waals surface area (Å²) in [7, 11) is 0. The Bertz CT molecular complexity index is 1350. The highest BCUT2D eigenvalue weighted by atomic mass is 16.6. The van der Waals surface area contributed by atoms with Crippen LogP contribution in [0.3, 0.4) is 0 Å². The molecule has 0 saturated carbocycles. The standard InChI is InChI=1S/C36H50N4O7/c1-23(2)18-28(32(43)36(5)22-47-36)38-35(46)30(20-26-14-10-7-11-15-26)40-34(45)29(19-24(3)4)39-33(44)27(37-31(42)21-41)17-16-25-12-8-6-9-13-25/h6-15,23-24,27-30,41H,16-22H2,1-5H3,(H,37,42)(H,38,46)(H,39,44)(H,40,45). The van der Waals surface area contributed by atoms with E-state index in [1.807, 2.05) is 88.4 Å². The Labute approximate surface area is 277 Å². The summed E-state index contributed by atoms with van der Waals surface area (Å²) in [4.78, 5) is 66.5. The van der Waals surface area contributed by atoms with Gasteiger partial charge in [0.25, 0.3) is 0 Å². The van der Waals surface area contributed by atoms with Crippen molar-refractivity contribution in [2.45, 2.75) is 96.5 Å². The molecule has 0 spiro atoms. The topological polar surface area (TPSA) is 166 Å². The minimum Gasteiger partial charge on any atom is -0.387 e. The minimum absolute atomic E-state index is 0.00502. The van der Waals surface area contributed by atoms with Crippen LogP contribution in [0.2, 0.25) is 0 Å². The van der Waals surface area contributed by atoms with Crippen LogP contribution < -0.4 is 21.3 Å². The molecule has 2 aromatic rings. The Morgan fingerprint density at radius 1 is 0.702 bits per heavy atom. The maximum absolute atomic E-state index is 13.8. The first-order valence-electron chi connectivity index (χ1n) is 16.4. The van der Waals surface area contributed by atoms with Gasteiger partial charge in [0.2, 0.25) is 23.6 Å². The molecule has 11 nitrogen and oxygen atoms in total. The lowest BCUT2D eigenvalue weighted by Crippen LogP contribution is -2.59. The van der Waals surface area contributed by atoms with Crippen LogP contribution in [-0.4, -0.2) is 77.5 Å². The summed E-state index contributed by atoms with van der Waals surface area (Å²) in [6.45, 7) is 8.94. The number of Topliss-reactive ketones (excluding diaryl/α,β-unsaturated/α-hetero) is 1. The predicted octanol–water partition coefficient (Wildman–Crippen LogP) is 2.24. The quantitative estimate of drug-likeness (QED) is 0.146. The number of carbonyl (C=O) groups excluding carboxylic acids is 5. The molecule has 5 atom stereocenters. The third-order valence-corrected chi connectivity index (χ3v) is 8.05. The first-order chi connectivity index (χ1) is 22.3. The van der Waals surface area contributed by atoms with Crippen molar-refractivity contribution >= 4 is 29.4 Å². The Balaban J connectivity index is 1.81. The van der Waals surface area contributed by atoms with E-state index in [4.69, 9.17) is 4.74 Å². The monoisotopic (exact) mass is 650 g/mol. The summed E-state index contributed by atoms with van der Waals surface area (Å²) >= 11 is 0. The van der Waals surface area contributed by atoms with Gasteiger partial charge >= 0.3 is 0 Å². The number of ketones is 1. The van der Waals surface area contributed by atoms with Gasteiger partial charge in [-0.3, -0.25) is 24.0 Å². The fourth-order valence-corrected chi connectivity index (χ4v) is 5.37. The average molecular weight is 651 g/mol. The minimum atomic E-state index is -1.05. The Morgan fingerprint density at radius 2 is 1.17 bits per heavy atom. The van der Waals surface area contributed by atoms with Crippen LogP contribution in [0.15, 0.2) is 60.7 Å². The van der Waals surface area contributed by atoms with Gasteiger partial charge < -0.3 is 31.1 Å². The van der Waals surface area contributed by atoms with Gasteiger partial charge in [0.15, 0.2) is 5.78 Å². The van der Waals surface area contributed by atoms with E-state index in [1.54, 1.807) is 6.92 Å². The number of amides is 4. The van der Waals surface area contributed by atoms with Crippen LogP contribution in [-0.2, 0) is 41.6 Å². The van der Waals surface area contributed by atoms with E-state index in [0.717, 1.165) is 11.1 Å². The maximum Gasteiger partial charge on any atom is 0.246 e. The number of hydrogen-bond acceptors (Lipinski definition) is 7. The molecule has 11 heteroatoms. The molecule has 1 saturated heterocycles. The zero-order chi connectivity index (χ0) is 34.6. The molecular weight excluding hydrogens is 600 g/mol. The molecule has 0 aromatic heterocycles. The summed E-state index contributed by atoms with van der Waals surface area (Å²) in [5.41, 5.74) is 0.834. The molecule has 1 aliphatic heterocycles. The maximum atomic E-state index is 13.8. The highest BCUT2D eigenvalue weighted by Gasteiger charge is 2.50. The van der Waals surface area contributed by atoms with E-state index in [9.17, 15) is 29.1 Å². The fourth-order valence-electron chi connectivity index (χ4n) is 5.37. The lowest BCUT2D eigenvalue weighted by atomic mass is 9.93. The van der Waals surface area contributed by atoms with Crippen molar-refractivity contribution < 1.29 is 33.8 Å². The van der Waals surface area contributed by atoms with E-state index in [2.05, 4.69) is 21.3 Å². The van der Waals surface area contributed by atoms with Gasteiger partial charge in [-0.15, -0.1) is 0 Å². The van der Waals surface area contributed by atoms with Crippen LogP contribution in [0.5, 0.6) is 0 Å². The normalized spacial score (nSPS) is 18.0. The Morgan fingerprint density at radius 3 is 1.70 bits per heavy atom. The fraction of sp³-hybridized carbons (Fsp3) is 0.528. The second kappa shape index (κ2) is 17.7. The van der Waals surface area contributed by atoms with E-state index in [1.165, 1.54) is 0 Å². The van der Waals surface area contributed by atoms with Crippen LogP contribution >= 0.6 is 0 Å². The number of aryl methyl sites for hydroxylation is 1. The molecule has 1 heterocycles. The summed E-state index contributed by atoms with van der Waals surface area (Å²) < 4.78 is 5.37. The third kappa shape index (κ3) is 12.2. The number of epoxide rings is 1. The molecular formula is C36H50N4O7. The van der Waals surface area contributed by atoms with E-state index in [0.29, 0.717) is 19.4 Å². The summed E-state index contributed by atoms with van der Waals surface area (Å²) in [5.74, 6) is -2.47. The number of hydrogen-bond donors (Lipinski definition) is 5. The van der Waals surface area contributed by atoms with Gasteiger partial charge in [-0.1, -0.05) is 88.4 Å². The molecule has 3 rings (SSSR count). The molecule has 47 heavy (non-hydrogen) atoms. The molecule has 0 aliphatic carbocycles. The lowest BCUT2D eigenvalue weighted by Gasteiger charge is -2.28. The van der Waals surface area contributed by atoms with Crippen LogP contribution in [0.25, 0.3) is 0 Å². The van der Waals surface area contributed by atoms with Gasteiger partial charge in [0, 0.05) is 6.42 Å². The second-order valence-corrected chi connectivity index (χ2v) is 13.3. The Kier molecular flexibility index (Phi) is 14.1. The van der Waals surface area contributed by atoms with E-state index < -0.39 is 60.0 Å². The van der Waals surface area contributed by atoms with E-state index >= 15 is 0 Å². The molecule has 0 bridgehead atoms. The van der Waals surface area contributed by atoms with Crippen molar-refractivity contribution in [2.24, 2.45) is 11.8 Å². The van der Waals surface area contributed by atoms with Gasteiger partial charge in [-0.25, -0.2) is 0 Å². The number of rotatable bonds is 19. The Hall–Kier alpha value is -4.09. The van der Waals surface area contributed by atoms with E-state index in [-0.39, 0.29) is 36.9 Å². The van der Waals surface area contributed by atoms with Crippen molar-refractivity contribution in [3.05, 3.63) is 71.8 Å². The predicted molar refractivity (Wildman–Crippen MR) is 178 cm³/mol. The SMILES string of the molecule is CC(C)CC(NC(=O)C(CCc1ccccc1)NC(=O)CO)C(=O)NC(Cc1ccccc1)C(=O)NC(CC(C)C)C(=O)C1(C)CO1. The molecule has 1 aliphatic rings. The molecule has 1 fully saturated rings. The van der Waals surface area contributed by atoms with Gasteiger partial charge in [-0.2, -0.15) is 0 Å². The van der Waals surface area contributed by atoms with Crippen molar-refractivity contribution in [3.8, 4) is 0 Å². The van der Waals surface area contributed by atoms with Crippen molar-refractivity contribution in [3.63, 3.8) is 0 Å². The number of aliphatic hydroxyl groups excluding tert-OH is 1.